The number of carbonyl (C=O) groups is 1. The average Bonchev–Trinajstić information content (AvgIpc) is 2.15. The average molecular weight is 177 g/mol. The van der Waals surface area contributed by atoms with Crippen LogP contribution in [0.2, 0.25) is 0 Å². The third-order valence-corrected chi connectivity index (χ3v) is 2.00. The van der Waals surface area contributed by atoms with Gasteiger partial charge in [-0.3, -0.25) is 4.79 Å². The molecule has 0 bridgehead atoms. The lowest BCUT2D eigenvalue weighted by Crippen LogP contribution is -2.20. The Morgan fingerprint density at radius 3 is 2.46 bits per heavy atom. The van der Waals surface area contributed by atoms with Crippen LogP contribution >= 0.6 is 0 Å². The highest BCUT2D eigenvalue weighted by molar-refractivity contribution is 5.76. The van der Waals surface area contributed by atoms with E-state index in [1.165, 1.54) is 0 Å². The molecule has 0 radical (unpaired) electrons. The lowest BCUT2D eigenvalue weighted by molar-refractivity contribution is -0.116. The van der Waals surface area contributed by atoms with Gasteiger partial charge in [0.2, 0.25) is 0 Å². The zero-order valence-electron chi connectivity index (χ0n) is 8.16. The third-order valence-electron chi connectivity index (χ3n) is 2.00. The van der Waals surface area contributed by atoms with Crippen molar-refractivity contribution in [3.8, 4) is 0 Å². The van der Waals surface area contributed by atoms with Crippen molar-refractivity contribution in [2.45, 2.75) is 13.3 Å². The first-order valence-corrected chi connectivity index (χ1v) is 4.46. The third kappa shape index (κ3) is 3.28. The van der Waals surface area contributed by atoms with Crippen LogP contribution in [0.3, 0.4) is 0 Å². The highest BCUT2D eigenvalue weighted by Crippen LogP contribution is 2.10. The van der Waals surface area contributed by atoms with Crippen molar-refractivity contribution in [3.63, 3.8) is 0 Å². The van der Waals surface area contributed by atoms with Gasteiger partial charge in [-0.2, -0.15) is 0 Å². The van der Waals surface area contributed by atoms with Gasteiger partial charge in [0, 0.05) is 25.7 Å². The van der Waals surface area contributed by atoms with Crippen LogP contribution in [-0.4, -0.2) is 19.4 Å². The number of hydrogen-bond acceptors (Lipinski definition) is 2. The van der Waals surface area contributed by atoms with Crippen molar-refractivity contribution in [2.75, 3.05) is 18.5 Å². The standard InChI is InChI=1S/C11H15NO/c1-10(13)8-9-12(2)11-6-4-3-5-7-11/h3-7H,8-9H2,1-2H3. The van der Waals surface area contributed by atoms with E-state index in [0.29, 0.717) is 6.42 Å². The van der Waals surface area contributed by atoms with Gasteiger partial charge in [-0.05, 0) is 19.1 Å². The Kier molecular flexibility index (Phi) is 3.50. The summed E-state index contributed by atoms with van der Waals surface area (Å²) in [5.41, 5.74) is 1.16. The molecule has 0 saturated carbocycles. The van der Waals surface area contributed by atoms with E-state index in [4.69, 9.17) is 0 Å². The summed E-state index contributed by atoms with van der Waals surface area (Å²) in [6, 6.07) is 10.1. The normalized spacial score (nSPS) is 9.69. The summed E-state index contributed by atoms with van der Waals surface area (Å²) in [5, 5.41) is 0. The second-order valence-electron chi connectivity index (χ2n) is 3.21. The van der Waals surface area contributed by atoms with Crippen LogP contribution < -0.4 is 4.90 Å². The summed E-state index contributed by atoms with van der Waals surface area (Å²) in [7, 11) is 2.00. The predicted octanol–water partition coefficient (Wildman–Crippen LogP) is 2.10. The first kappa shape index (κ1) is 9.78. The molecule has 0 saturated heterocycles. The van der Waals surface area contributed by atoms with Gasteiger partial charge in [-0.1, -0.05) is 18.2 Å². The van der Waals surface area contributed by atoms with Gasteiger partial charge in [0.15, 0.2) is 0 Å². The van der Waals surface area contributed by atoms with Crippen molar-refractivity contribution in [2.24, 2.45) is 0 Å². The molecule has 0 aliphatic rings. The number of carbonyl (C=O) groups excluding carboxylic acids is 1. The predicted molar refractivity (Wildman–Crippen MR) is 55.0 cm³/mol. The molecular formula is C11H15NO. The smallest absolute Gasteiger partial charge is 0.131 e. The van der Waals surface area contributed by atoms with Gasteiger partial charge in [-0.25, -0.2) is 0 Å². The molecule has 0 heterocycles. The Morgan fingerprint density at radius 2 is 1.92 bits per heavy atom. The molecule has 0 spiro atoms. The minimum absolute atomic E-state index is 0.239. The Labute approximate surface area is 79.2 Å². The zero-order valence-corrected chi connectivity index (χ0v) is 8.16. The highest BCUT2D eigenvalue weighted by atomic mass is 16.1. The van der Waals surface area contributed by atoms with Crippen LogP contribution in [0.25, 0.3) is 0 Å². The SMILES string of the molecule is CC(=O)CCN(C)c1ccccc1. The van der Waals surface area contributed by atoms with E-state index in [1.807, 2.05) is 37.4 Å². The van der Waals surface area contributed by atoms with Gasteiger partial charge in [-0.15, -0.1) is 0 Å². The van der Waals surface area contributed by atoms with Crippen molar-refractivity contribution < 1.29 is 4.79 Å². The number of ketones is 1. The van der Waals surface area contributed by atoms with E-state index in [1.54, 1.807) is 6.92 Å². The molecule has 0 atom stereocenters. The van der Waals surface area contributed by atoms with Gasteiger partial charge < -0.3 is 4.90 Å². The number of para-hydroxylation sites is 1. The molecule has 70 valence electrons. The first-order valence-electron chi connectivity index (χ1n) is 4.46. The molecule has 0 N–H and O–H groups in total. The number of hydrogen-bond donors (Lipinski definition) is 0. The lowest BCUT2D eigenvalue weighted by Gasteiger charge is -2.17. The molecule has 1 aromatic rings. The molecular weight excluding hydrogens is 162 g/mol. The Hall–Kier alpha value is -1.31. The molecule has 13 heavy (non-hydrogen) atoms. The van der Waals surface area contributed by atoms with Crippen molar-refractivity contribution in [1.29, 1.82) is 0 Å². The van der Waals surface area contributed by atoms with Crippen molar-refractivity contribution in [1.82, 2.24) is 0 Å². The van der Waals surface area contributed by atoms with Crippen LogP contribution in [-0.2, 0) is 4.79 Å². The molecule has 0 amide bonds. The van der Waals surface area contributed by atoms with E-state index < -0.39 is 0 Å². The minimum Gasteiger partial charge on any atom is -0.374 e. The molecule has 2 nitrogen and oxygen atoms in total. The fraction of sp³-hybridized carbons (Fsp3) is 0.364. The number of anilines is 1. The summed E-state index contributed by atoms with van der Waals surface area (Å²) in [6.45, 7) is 2.41. The topological polar surface area (TPSA) is 20.3 Å². The Morgan fingerprint density at radius 1 is 1.31 bits per heavy atom. The maximum atomic E-state index is 10.8. The van der Waals surface area contributed by atoms with Gasteiger partial charge >= 0.3 is 0 Å². The highest BCUT2D eigenvalue weighted by Gasteiger charge is 2.00. The number of benzene rings is 1. The number of Topliss-reactive ketones (excluding diaryl/α,β-unsaturated/α-hetero) is 1. The fourth-order valence-corrected chi connectivity index (χ4v) is 1.14. The lowest BCUT2D eigenvalue weighted by atomic mass is 10.2. The summed E-state index contributed by atoms with van der Waals surface area (Å²) in [4.78, 5) is 12.8. The van der Waals surface area contributed by atoms with E-state index >= 15 is 0 Å². The zero-order chi connectivity index (χ0) is 9.68. The maximum Gasteiger partial charge on any atom is 0.131 e. The van der Waals surface area contributed by atoms with E-state index in [9.17, 15) is 4.79 Å². The maximum absolute atomic E-state index is 10.8. The van der Waals surface area contributed by atoms with Gasteiger partial charge in [0.05, 0.1) is 0 Å². The Balaban J connectivity index is 2.49. The molecule has 0 aliphatic heterocycles. The molecule has 0 unspecified atom stereocenters. The largest absolute Gasteiger partial charge is 0.374 e. The molecule has 0 aromatic heterocycles. The van der Waals surface area contributed by atoms with Crippen LogP contribution in [0.1, 0.15) is 13.3 Å². The summed E-state index contributed by atoms with van der Waals surface area (Å²) in [5.74, 6) is 0.239. The van der Waals surface area contributed by atoms with Gasteiger partial charge in [0.25, 0.3) is 0 Å². The molecule has 2 heteroatoms. The molecule has 1 aromatic carbocycles. The van der Waals surface area contributed by atoms with E-state index in [2.05, 4.69) is 4.90 Å². The van der Waals surface area contributed by atoms with Crippen LogP contribution in [0.4, 0.5) is 5.69 Å². The molecule has 0 fully saturated rings. The van der Waals surface area contributed by atoms with E-state index in [0.717, 1.165) is 12.2 Å². The summed E-state index contributed by atoms with van der Waals surface area (Å²) >= 11 is 0. The quantitative estimate of drug-likeness (QED) is 0.702. The minimum atomic E-state index is 0.239. The second kappa shape index (κ2) is 4.65. The van der Waals surface area contributed by atoms with Crippen LogP contribution in [0, 0.1) is 0 Å². The fourth-order valence-electron chi connectivity index (χ4n) is 1.14. The van der Waals surface area contributed by atoms with Crippen molar-refractivity contribution in [3.05, 3.63) is 30.3 Å². The van der Waals surface area contributed by atoms with Crippen LogP contribution in [0.15, 0.2) is 30.3 Å². The second-order valence-corrected chi connectivity index (χ2v) is 3.21. The molecule has 0 aliphatic carbocycles. The Bertz CT molecular complexity index is 269. The van der Waals surface area contributed by atoms with Crippen LogP contribution in [0.5, 0.6) is 0 Å². The summed E-state index contributed by atoms with van der Waals surface area (Å²) in [6.07, 6.45) is 0.616. The summed E-state index contributed by atoms with van der Waals surface area (Å²) < 4.78 is 0. The monoisotopic (exact) mass is 177 g/mol. The first-order chi connectivity index (χ1) is 6.20. The van der Waals surface area contributed by atoms with Gasteiger partial charge in [0.1, 0.15) is 5.78 Å². The van der Waals surface area contributed by atoms with E-state index in [-0.39, 0.29) is 5.78 Å². The van der Waals surface area contributed by atoms with Crippen molar-refractivity contribution >= 4 is 11.5 Å². The number of rotatable bonds is 4. The molecule has 1 rings (SSSR count). The number of nitrogens with zero attached hydrogens (tertiary/aromatic N) is 1.